The predicted octanol–water partition coefficient (Wildman–Crippen LogP) is 5.69. The van der Waals surface area contributed by atoms with Gasteiger partial charge in [-0.2, -0.15) is 0 Å². The SMILES string of the molecule is Cc1ccc2c(-c3nc(N)ncc3Cl)cn(-c3cc(CN4CC(C)NC(C)C4)cc(C4CC4)c3)c2c1. The Bertz CT molecular complexity index is 1430. The van der Waals surface area contributed by atoms with E-state index in [0.29, 0.717) is 28.7 Å². The van der Waals surface area contributed by atoms with E-state index in [-0.39, 0.29) is 5.95 Å². The molecular weight excluding hydrogens is 468 g/mol. The average Bonchev–Trinajstić information content (AvgIpc) is 3.61. The van der Waals surface area contributed by atoms with Crippen molar-refractivity contribution >= 4 is 28.5 Å². The van der Waals surface area contributed by atoms with Gasteiger partial charge in [0, 0.05) is 54.6 Å². The van der Waals surface area contributed by atoms with Crippen LogP contribution in [-0.2, 0) is 6.54 Å². The lowest BCUT2D eigenvalue weighted by molar-refractivity contribution is 0.166. The van der Waals surface area contributed by atoms with Crippen molar-refractivity contribution in [2.24, 2.45) is 0 Å². The molecule has 2 aliphatic rings. The van der Waals surface area contributed by atoms with Gasteiger partial charge in [-0.1, -0.05) is 29.8 Å². The first-order valence-corrected chi connectivity index (χ1v) is 13.2. The molecule has 1 aliphatic carbocycles. The number of benzene rings is 2. The Morgan fingerprint density at radius 1 is 1.08 bits per heavy atom. The Morgan fingerprint density at radius 2 is 1.86 bits per heavy atom. The van der Waals surface area contributed by atoms with Crippen molar-refractivity contribution < 1.29 is 0 Å². The Kier molecular flexibility index (Phi) is 5.98. The van der Waals surface area contributed by atoms with Crippen molar-refractivity contribution in [3.8, 4) is 16.9 Å². The van der Waals surface area contributed by atoms with E-state index in [4.69, 9.17) is 17.3 Å². The summed E-state index contributed by atoms with van der Waals surface area (Å²) < 4.78 is 2.30. The van der Waals surface area contributed by atoms with Crippen LogP contribution in [0.15, 0.2) is 48.8 Å². The van der Waals surface area contributed by atoms with Gasteiger partial charge in [0.15, 0.2) is 0 Å². The standard InChI is InChI=1S/C29H33ClN6/c1-17-4-7-24-25(28-26(30)12-32-29(31)34-28)16-36(27(24)8-17)23-10-20(9-22(11-23)21-5-6-21)15-35-13-18(2)33-19(3)14-35/h4,7-12,16,18-19,21,33H,5-6,13-15H2,1-3H3,(H2,31,32,34). The first kappa shape index (κ1) is 23.5. The lowest BCUT2D eigenvalue weighted by Crippen LogP contribution is -2.53. The number of hydrogen-bond donors (Lipinski definition) is 2. The van der Waals surface area contributed by atoms with Crippen LogP contribution in [0.2, 0.25) is 5.02 Å². The zero-order valence-corrected chi connectivity index (χ0v) is 21.9. The van der Waals surface area contributed by atoms with Crippen molar-refractivity contribution in [3.63, 3.8) is 0 Å². The van der Waals surface area contributed by atoms with Crippen molar-refractivity contribution in [2.45, 2.75) is 58.2 Å². The highest BCUT2D eigenvalue weighted by Gasteiger charge is 2.26. The van der Waals surface area contributed by atoms with Gasteiger partial charge in [-0.25, -0.2) is 9.97 Å². The van der Waals surface area contributed by atoms with Crippen LogP contribution >= 0.6 is 11.6 Å². The highest BCUT2D eigenvalue weighted by molar-refractivity contribution is 6.33. The molecule has 3 heterocycles. The minimum Gasteiger partial charge on any atom is -0.368 e. The predicted molar refractivity (Wildman–Crippen MR) is 148 cm³/mol. The highest BCUT2D eigenvalue weighted by atomic mass is 35.5. The summed E-state index contributed by atoms with van der Waals surface area (Å²) in [5.41, 5.74) is 13.9. The molecule has 1 aliphatic heterocycles. The van der Waals surface area contributed by atoms with E-state index in [1.54, 1.807) is 6.20 Å². The number of aromatic nitrogens is 3. The van der Waals surface area contributed by atoms with Crippen molar-refractivity contribution in [1.82, 2.24) is 24.8 Å². The van der Waals surface area contributed by atoms with Crippen LogP contribution < -0.4 is 11.1 Å². The minimum absolute atomic E-state index is 0.222. The number of nitrogen functional groups attached to an aromatic ring is 1. The van der Waals surface area contributed by atoms with Crippen LogP contribution in [0.25, 0.3) is 27.8 Å². The largest absolute Gasteiger partial charge is 0.368 e. The number of fused-ring (bicyclic) bond motifs is 1. The third-order valence-electron chi connectivity index (χ3n) is 7.35. The smallest absolute Gasteiger partial charge is 0.220 e. The number of piperazine rings is 1. The van der Waals surface area contributed by atoms with Gasteiger partial charge in [0.2, 0.25) is 5.95 Å². The molecule has 0 amide bonds. The first-order chi connectivity index (χ1) is 17.3. The maximum absolute atomic E-state index is 6.55. The molecule has 2 atom stereocenters. The molecule has 3 N–H and O–H groups in total. The second-order valence-electron chi connectivity index (χ2n) is 10.7. The maximum atomic E-state index is 6.55. The average molecular weight is 501 g/mol. The fourth-order valence-corrected chi connectivity index (χ4v) is 5.91. The van der Waals surface area contributed by atoms with Crippen LogP contribution in [0, 0.1) is 6.92 Å². The molecule has 2 unspecified atom stereocenters. The number of hydrogen-bond acceptors (Lipinski definition) is 5. The normalized spacial score (nSPS) is 20.8. The Morgan fingerprint density at radius 3 is 2.61 bits per heavy atom. The molecule has 0 radical (unpaired) electrons. The quantitative estimate of drug-likeness (QED) is 0.368. The van der Waals surface area contributed by atoms with Gasteiger partial charge >= 0.3 is 0 Å². The van der Waals surface area contributed by atoms with E-state index in [0.717, 1.165) is 36.1 Å². The fourth-order valence-electron chi connectivity index (χ4n) is 5.72. The Balaban J connectivity index is 1.48. The summed E-state index contributed by atoms with van der Waals surface area (Å²) in [5.74, 6) is 0.892. The van der Waals surface area contributed by atoms with Crippen LogP contribution in [0.1, 0.15) is 49.3 Å². The molecule has 186 valence electrons. The fraction of sp³-hybridized carbons (Fsp3) is 0.379. The van der Waals surface area contributed by atoms with Crippen LogP contribution in [0.5, 0.6) is 0 Å². The van der Waals surface area contributed by atoms with Gasteiger partial charge in [0.1, 0.15) is 0 Å². The van der Waals surface area contributed by atoms with Crippen molar-refractivity contribution in [1.29, 1.82) is 0 Å². The molecule has 2 aromatic carbocycles. The van der Waals surface area contributed by atoms with Gasteiger partial charge < -0.3 is 15.6 Å². The number of nitrogens with zero attached hydrogens (tertiary/aromatic N) is 4. The van der Waals surface area contributed by atoms with Crippen molar-refractivity contribution in [3.05, 3.63) is 70.5 Å². The topological polar surface area (TPSA) is 72.0 Å². The number of halogens is 1. The first-order valence-electron chi connectivity index (χ1n) is 12.9. The molecule has 7 heteroatoms. The molecule has 2 fully saturated rings. The van der Waals surface area contributed by atoms with Gasteiger partial charge in [-0.3, -0.25) is 4.90 Å². The van der Waals surface area contributed by atoms with Gasteiger partial charge in [0.25, 0.3) is 0 Å². The summed E-state index contributed by atoms with van der Waals surface area (Å²) in [5, 5.41) is 5.25. The monoisotopic (exact) mass is 500 g/mol. The molecule has 1 saturated heterocycles. The van der Waals surface area contributed by atoms with E-state index in [1.165, 1.54) is 35.2 Å². The van der Waals surface area contributed by atoms with E-state index >= 15 is 0 Å². The number of rotatable bonds is 5. The zero-order valence-electron chi connectivity index (χ0n) is 21.1. The molecular formula is C29H33ClN6. The summed E-state index contributed by atoms with van der Waals surface area (Å²) in [6, 6.07) is 14.7. The number of nitrogens with two attached hydrogens (primary N) is 1. The van der Waals surface area contributed by atoms with Gasteiger partial charge in [-0.05, 0) is 74.4 Å². The molecule has 0 spiro atoms. The van der Waals surface area contributed by atoms with Crippen molar-refractivity contribution in [2.75, 3.05) is 18.8 Å². The highest BCUT2D eigenvalue weighted by Crippen LogP contribution is 2.42. The Hall–Kier alpha value is -2.93. The third kappa shape index (κ3) is 4.61. The minimum atomic E-state index is 0.222. The molecule has 2 aromatic heterocycles. The van der Waals surface area contributed by atoms with Crippen LogP contribution in [-0.4, -0.2) is 44.6 Å². The molecule has 6 rings (SSSR count). The van der Waals surface area contributed by atoms with Crippen LogP contribution in [0.3, 0.4) is 0 Å². The number of nitrogens with one attached hydrogen (secondary N) is 1. The number of anilines is 1. The Labute approximate surface area is 217 Å². The lowest BCUT2D eigenvalue weighted by Gasteiger charge is -2.36. The molecule has 6 nitrogen and oxygen atoms in total. The van der Waals surface area contributed by atoms with Gasteiger partial charge in [0.05, 0.1) is 22.4 Å². The molecule has 36 heavy (non-hydrogen) atoms. The number of aryl methyl sites for hydroxylation is 1. The van der Waals surface area contributed by atoms with E-state index in [9.17, 15) is 0 Å². The summed E-state index contributed by atoms with van der Waals surface area (Å²) in [6.45, 7) is 9.77. The van der Waals surface area contributed by atoms with E-state index < -0.39 is 0 Å². The van der Waals surface area contributed by atoms with Crippen LogP contribution in [0.4, 0.5) is 5.95 Å². The van der Waals surface area contributed by atoms with E-state index in [2.05, 4.69) is 88.1 Å². The third-order valence-corrected chi connectivity index (χ3v) is 7.62. The summed E-state index contributed by atoms with van der Waals surface area (Å²) in [7, 11) is 0. The maximum Gasteiger partial charge on any atom is 0.220 e. The summed E-state index contributed by atoms with van der Waals surface area (Å²) >= 11 is 6.55. The zero-order chi connectivity index (χ0) is 25.0. The molecule has 0 bridgehead atoms. The summed E-state index contributed by atoms with van der Waals surface area (Å²) in [6.07, 6.45) is 6.29. The summed E-state index contributed by atoms with van der Waals surface area (Å²) in [4.78, 5) is 11.1. The second kappa shape index (κ2) is 9.18. The molecule has 1 saturated carbocycles. The lowest BCUT2D eigenvalue weighted by atomic mass is 10.0. The second-order valence-corrected chi connectivity index (χ2v) is 11.1. The van der Waals surface area contributed by atoms with E-state index in [1.807, 2.05) is 0 Å². The van der Waals surface area contributed by atoms with Gasteiger partial charge in [-0.15, -0.1) is 0 Å². The molecule has 4 aromatic rings.